The van der Waals surface area contributed by atoms with Crippen LogP contribution in [0.15, 0.2) is 30.5 Å². The summed E-state index contributed by atoms with van der Waals surface area (Å²) in [6.07, 6.45) is 7.76. The van der Waals surface area contributed by atoms with E-state index in [0.29, 0.717) is 19.6 Å². The van der Waals surface area contributed by atoms with Crippen LogP contribution in [0, 0.1) is 0 Å². The largest absolute Gasteiger partial charge is 0.396 e. The first-order chi connectivity index (χ1) is 10.8. The second-order valence-electron chi connectivity index (χ2n) is 6.10. The second-order valence-corrected chi connectivity index (χ2v) is 6.10. The van der Waals surface area contributed by atoms with Crippen molar-refractivity contribution in [3.63, 3.8) is 0 Å². The van der Waals surface area contributed by atoms with Crippen LogP contribution >= 0.6 is 0 Å². The fourth-order valence-corrected chi connectivity index (χ4v) is 3.53. The van der Waals surface area contributed by atoms with Crippen molar-refractivity contribution in [2.45, 2.75) is 31.5 Å². The molecule has 4 nitrogen and oxygen atoms in total. The maximum atomic E-state index is 9.13. The molecule has 0 radical (unpaired) electrons. The molecule has 0 bridgehead atoms. The van der Waals surface area contributed by atoms with E-state index in [9.17, 15) is 0 Å². The predicted molar refractivity (Wildman–Crippen MR) is 85.6 cm³/mol. The van der Waals surface area contributed by atoms with Gasteiger partial charge < -0.3 is 19.6 Å². The number of aromatic amines is 1. The summed E-state index contributed by atoms with van der Waals surface area (Å²) in [5.74, 6) is -0.363. The smallest absolute Gasteiger partial charge is 0.172 e. The van der Waals surface area contributed by atoms with Crippen LogP contribution in [-0.4, -0.2) is 35.7 Å². The van der Waals surface area contributed by atoms with Crippen LogP contribution in [0.1, 0.15) is 30.4 Å². The molecule has 1 aromatic heterocycles. The van der Waals surface area contributed by atoms with Gasteiger partial charge in [-0.3, -0.25) is 0 Å². The summed E-state index contributed by atoms with van der Waals surface area (Å²) in [6, 6.07) is 6.35. The molecule has 1 spiro atoms. The molecule has 1 aliphatic heterocycles. The molecule has 0 unspecified atom stereocenters. The second kappa shape index (κ2) is 5.54. The predicted octanol–water partition coefficient (Wildman–Crippen LogP) is 3.01. The van der Waals surface area contributed by atoms with Crippen LogP contribution in [0.4, 0.5) is 0 Å². The van der Waals surface area contributed by atoms with E-state index < -0.39 is 0 Å². The molecule has 1 aromatic carbocycles. The first-order valence-electron chi connectivity index (χ1n) is 7.98. The lowest BCUT2D eigenvalue weighted by Gasteiger charge is -2.30. The Bertz CT molecular complexity index is 710. The topological polar surface area (TPSA) is 54.5 Å². The molecule has 1 fully saturated rings. The molecule has 2 aromatic rings. The Morgan fingerprint density at radius 3 is 2.82 bits per heavy atom. The minimum atomic E-state index is -0.363. The van der Waals surface area contributed by atoms with Crippen LogP contribution in [0.5, 0.6) is 0 Å². The molecule has 0 saturated carbocycles. The normalized spacial score (nSPS) is 20.7. The molecule has 4 rings (SSSR count). The number of ether oxygens (including phenoxy) is 2. The number of aliphatic hydroxyl groups excluding tert-OH is 1. The average molecular weight is 299 g/mol. The molecular weight excluding hydrogens is 278 g/mol. The number of rotatable bonds is 3. The Hall–Kier alpha value is -1.62. The molecular formula is C18H21NO3. The van der Waals surface area contributed by atoms with Gasteiger partial charge in [-0.05, 0) is 36.1 Å². The van der Waals surface area contributed by atoms with Gasteiger partial charge in [-0.25, -0.2) is 0 Å². The van der Waals surface area contributed by atoms with Gasteiger partial charge in [0, 0.05) is 42.1 Å². The Kier molecular flexibility index (Phi) is 3.53. The molecule has 1 saturated heterocycles. The highest BCUT2D eigenvalue weighted by atomic mass is 16.7. The minimum absolute atomic E-state index is 0.186. The summed E-state index contributed by atoms with van der Waals surface area (Å²) in [5.41, 5.74) is 4.94. The van der Waals surface area contributed by atoms with E-state index in [-0.39, 0.29) is 12.4 Å². The van der Waals surface area contributed by atoms with Crippen molar-refractivity contribution in [3.05, 3.63) is 41.6 Å². The zero-order valence-corrected chi connectivity index (χ0v) is 12.6. The zero-order chi connectivity index (χ0) is 15.0. The molecule has 0 amide bonds. The Morgan fingerprint density at radius 2 is 2.09 bits per heavy atom. The molecule has 1 aliphatic carbocycles. The number of H-pyrrole nitrogens is 1. The van der Waals surface area contributed by atoms with Crippen LogP contribution in [0.25, 0.3) is 16.5 Å². The maximum Gasteiger partial charge on any atom is 0.172 e. The summed E-state index contributed by atoms with van der Waals surface area (Å²) >= 11 is 0. The van der Waals surface area contributed by atoms with Crippen molar-refractivity contribution in [1.29, 1.82) is 0 Å². The molecule has 116 valence electrons. The van der Waals surface area contributed by atoms with E-state index in [1.54, 1.807) is 0 Å². The number of hydrogen-bond donors (Lipinski definition) is 2. The summed E-state index contributed by atoms with van der Waals surface area (Å²) in [7, 11) is 0. The van der Waals surface area contributed by atoms with E-state index in [4.69, 9.17) is 14.6 Å². The van der Waals surface area contributed by atoms with Crippen LogP contribution in [-0.2, 0) is 15.9 Å². The lowest BCUT2D eigenvalue weighted by Crippen LogP contribution is -2.31. The van der Waals surface area contributed by atoms with Crippen LogP contribution in [0.3, 0.4) is 0 Å². The Morgan fingerprint density at radius 1 is 1.23 bits per heavy atom. The number of aliphatic hydroxyl groups is 1. The molecule has 2 heterocycles. The van der Waals surface area contributed by atoms with Gasteiger partial charge in [-0.15, -0.1) is 0 Å². The monoisotopic (exact) mass is 299 g/mol. The molecule has 22 heavy (non-hydrogen) atoms. The SMILES string of the molecule is OCCc1ccc2[nH]cc(C3=CCC4(CC3)OCCO4)c2c1. The average Bonchev–Trinajstić information content (AvgIpc) is 3.16. The molecule has 0 atom stereocenters. The summed E-state index contributed by atoms with van der Waals surface area (Å²) in [4.78, 5) is 3.35. The van der Waals surface area contributed by atoms with Crippen molar-refractivity contribution in [2.24, 2.45) is 0 Å². The highest BCUT2D eigenvalue weighted by Crippen LogP contribution is 2.39. The third kappa shape index (κ3) is 2.37. The van der Waals surface area contributed by atoms with Crippen molar-refractivity contribution in [1.82, 2.24) is 4.98 Å². The highest BCUT2D eigenvalue weighted by molar-refractivity contribution is 5.93. The number of nitrogens with one attached hydrogen (secondary N) is 1. The third-order valence-corrected chi connectivity index (χ3v) is 4.74. The Balaban J connectivity index is 1.66. The van der Waals surface area contributed by atoms with Crippen molar-refractivity contribution in [3.8, 4) is 0 Å². The van der Waals surface area contributed by atoms with Gasteiger partial charge in [0.15, 0.2) is 5.79 Å². The first kappa shape index (κ1) is 14.0. The standard InChI is InChI=1S/C18H21NO3/c20-8-5-13-1-2-17-15(11-13)16(12-19-17)14-3-6-18(7-4-14)21-9-10-22-18/h1-3,11-12,19-20H,4-10H2. The van der Waals surface area contributed by atoms with E-state index in [1.807, 2.05) is 0 Å². The van der Waals surface area contributed by atoms with Gasteiger partial charge in [0.25, 0.3) is 0 Å². The molecule has 2 aliphatic rings. The minimum Gasteiger partial charge on any atom is -0.396 e. The Labute approximate surface area is 129 Å². The lowest BCUT2D eigenvalue weighted by molar-refractivity contribution is -0.159. The summed E-state index contributed by atoms with van der Waals surface area (Å²) in [6.45, 7) is 1.60. The van der Waals surface area contributed by atoms with E-state index in [1.165, 1.54) is 22.1 Å². The quantitative estimate of drug-likeness (QED) is 0.916. The van der Waals surface area contributed by atoms with Gasteiger partial charge in [0.1, 0.15) is 0 Å². The molecule has 4 heteroatoms. The van der Waals surface area contributed by atoms with Crippen molar-refractivity contribution >= 4 is 16.5 Å². The van der Waals surface area contributed by atoms with Gasteiger partial charge in [0.05, 0.1) is 13.2 Å². The van der Waals surface area contributed by atoms with E-state index in [2.05, 4.69) is 35.5 Å². The van der Waals surface area contributed by atoms with E-state index >= 15 is 0 Å². The summed E-state index contributed by atoms with van der Waals surface area (Å²) in [5, 5.41) is 10.4. The maximum absolute atomic E-state index is 9.13. The lowest BCUT2D eigenvalue weighted by atomic mass is 9.89. The highest BCUT2D eigenvalue weighted by Gasteiger charge is 2.37. The number of fused-ring (bicyclic) bond motifs is 1. The number of allylic oxidation sites excluding steroid dienone is 1. The number of benzene rings is 1. The van der Waals surface area contributed by atoms with Gasteiger partial charge >= 0.3 is 0 Å². The van der Waals surface area contributed by atoms with Gasteiger partial charge in [0.2, 0.25) is 0 Å². The fraction of sp³-hybridized carbons (Fsp3) is 0.444. The number of hydrogen-bond acceptors (Lipinski definition) is 3. The summed E-state index contributed by atoms with van der Waals surface area (Å²) < 4.78 is 11.6. The number of aromatic nitrogens is 1. The third-order valence-electron chi connectivity index (χ3n) is 4.74. The van der Waals surface area contributed by atoms with Crippen LogP contribution in [0.2, 0.25) is 0 Å². The van der Waals surface area contributed by atoms with Gasteiger partial charge in [-0.2, -0.15) is 0 Å². The van der Waals surface area contributed by atoms with Crippen LogP contribution < -0.4 is 0 Å². The first-order valence-corrected chi connectivity index (χ1v) is 7.98. The zero-order valence-electron chi connectivity index (χ0n) is 12.6. The van der Waals surface area contributed by atoms with E-state index in [0.717, 1.165) is 24.8 Å². The van der Waals surface area contributed by atoms with Crippen molar-refractivity contribution < 1.29 is 14.6 Å². The molecule has 2 N–H and O–H groups in total. The van der Waals surface area contributed by atoms with Crippen molar-refractivity contribution in [2.75, 3.05) is 19.8 Å². The van der Waals surface area contributed by atoms with Gasteiger partial charge in [-0.1, -0.05) is 12.1 Å². The fourth-order valence-electron chi connectivity index (χ4n) is 3.53.